The molecule has 0 spiro atoms. The summed E-state index contributed by atoms with van der Waals surface area (Å²) in [6, 6.07) is 0. The van der Waals surface area contributed by atoms with Gasteiger partial charge in [0.1, 0.15) is 0 Å². The topological polar surface area (TPSA) is 113 Å². The molecule has 8 nitrogen and oxygen atoms in total. The van der Waals surface area contributed by atoms with Gasteiger partial charge in [0.2, 0.25) is 0 Å². The average Bonchev–Trinajstić information content (AvgIpc) is 2.29. The van der Waals surface area contributed by atoms with Crippen LogP contribution in [0, 0.1) is 0 Å². The monoisotopic (exact) mass is 334 g/mol. The van der Waals surface area contributed by atoms with Crippen LogP contribution in [0.3, 0.4) is 0 Å². The van der Waals surface area contributed by atoms with Crippen molar-refractivity contribution in [2.75, 3.05) is 26.4 Å². The van der Waals surface area contributed by atoms with Crippen molar-refractivity contribution in [2.45, 2.75) is 27.7 Å². The fraction of sp³-hybridized carbons (Fsp3) is 1.00. The van der Waals surface area contributed by atoms with E-state index in [0.717, 1.165) is 0 Å². The molecule has 0 aromatic heterocycles. The first-order chi connectivity index (χ1) is 9.03. The molecule has 0 saturated carbocycles. The third-order valence-electron chi connectivity index (χ3n) is 1.53. The predicted octanol–water partition coefficient (Wildman–Crippen LogP) is 3.04. The zero-order chi connectivity index (χ0) is 14.7. The Bertz CT molecular complexity index is 256. The summed E-state index contributed by atoms with van der Waals surface area (Å²) in [7, 11) is -5.58. The van der Waals surface area contributed by atoms with Crippen molar-refractivity contribution in [3.05, 3.63) is 0 Å². The Morgan fingerprint density at radius 2 is 1.47 bits per heavy atom. The summed E-state index contributed by atoms with van der Waals surface area (Å²) in [6.07, 6.45) is 0. The molecule has 0 aliphatic heterocycles. The summed E-state index contributed by atoms with van der Waals surface area (Å²) in [5.41, 5.74) is 11.2. The average molecular weight is 334 g/mol. The van der Waals surface area contributed by atoms with Crippen LogP contribution in [0.15, 0.2) is 4.52 Å². The molecule has 0 aliphatic rings. The largest absolute Gasteiger partial charge is 0.537 e. The molecule has 114 valence electrons. The minimum absolute atomic E-state index is 0.425. The molecule has 0 saturated heterocycles. The highest BCUT2D eigenvalue weighted by molar-refractivity contribution is 7.75. The molecular formula is C8H25N4O4P3+2. The molecule has 0 aromatic rings. The second-order valence-electron chi connectivity index (χ2n) is 3.02. The molecule has 0 amide bonds. The lowest BCUT2D eigenvalue weighted by Gasteiger charge is -2.19. The third kappa shape index (κ3) is 8.53. The Kier molecular flexibility index (Phi) is 11.8. The molecule has 0 aromatic carbocycles. The summed E-state index contributed by atoms with van der Waals surface area (Å²) >= 11 is 0. The van der Waals surface area contributed by atoms with Gasteiger partial charge in [0, 0.05) is 0 Å². The lowest BCUT2D eigenvalue weighted by Crippen LogP contribution is -2.17. The molecule has 0 heterocycles. The second-order valence-corrected chi connectivity index (χ2v) is 7.88. The van der Waals surface area contributed by atoms with Gasteiger partial charge in [-0.25, -0.2) is 0 Å². The molecular weight excluding hydrogens is 309 g/mol. The predicted molar refractivity (Wildman–Crippen MR) is 81.2 cm³/mol. The van der Waals surface area contributed by atoms with Crippen LogP contribution in [0.25, 0.3) is 0 Å². The van der Waals surface area contributed by atoms with E-state index < -0.39 is 24.6 Å². The number of hydrogen-bond acceptors (Lipinski definition) is 6. The maximum Gasteiger partial charge on any atom is 0.537 e. The van der Waals surface area contributed by atoms with Crippen LogP contribution in [0.4, 0.5) is 0 Å². The van der Waals surface area contributed by atoms with Crippen LogP contribution in [-0.4, -0.2) is 26.4 Å². The van der Waals surface area contributed by atoms with Gasteiger partial charge in [0.25, 0.3) is 8.53 Å². The molecule has 5 N–H and O–H groups in total. The quantitative estimate of drug-likeness (QED) is 0.498. The number of rotatable bonds is 11. The first-order valence-electron chi connectivity index (χ1n) is 6.08. The van der Waals surface area contributed by atoms with E-state index in [4.69, 9.17) is 29.1 Å². The maximum absolute atomic E-state index is 5.63. The van der Waals surface area contributed by atoms with E-state index in [1.54, 1.807) is 0 Å². The Morgan fingerprint density at radius 3 is 1.79 bits per heavy atom. The van der Waals surface area contributed by atoms with Gasteiger partial charge in [0.15, 0.2) is 4.52 Å². The lowest BCUT2D eigenvalue weighted by atomic mass is 10.9. The number of nitrogens with two attached hydrogens (primary N) is 2. The molecule has 0 radical (unpaired) electrons. The highest BCUT2D eigenvalue weighted by atomic mass is 31.3. The van der Waals surface area contributed by atoms with Gasteiger partial charge in [0.05, 0.1) is 26.4 Å². The molecule has 0 bridgehead atoms. The van der Waals surface area contributed by atoms with Crippen LogP contribution in [0.1, 0.15) is 27.7 Å². The SMILES string of the molecule is CCOP(N[P+](N=[P+](N)N)(OCC)OCC)OCC. The van der Waals surface area contributed by atoms with E-state index in [1.807, 2.05) is 27.7 Å². The van der Waals surface area contributed by atoms with E-state index in [1.165, 1.54) is 0 Å². The van der Waals surface area contributed by atoms with Gasteiger partial charge in [-0.05, 0) is 32.6 Å². The summed E-state index contributed by atoms with van der Waals surface area (Å²) in [5.74, 6) is 0. The minimum Gasteiger partial charge on any atom is -0.320 e. The van der Waals surface area contributed by atoms with E-state index >= 15 is 0 Å². The van der Waals surface area contributed by atoms with Gasteiger partial charge in [-0.3, -0.25) is 0 Å². The highest BCUT2D eigenvalue weighted by Gasteiger charge is 2.52. The van der Waals surface area contributed by atoms with Crippen LogP contribution in [-0.2, 0) is 18.1 Å². The third-order valence-corrected chi connectivity index (χ3v) is 7.16. The molecule has 0 unspecified atom stereocenters. The van der Waals surface area contributed by atoms with Crippen LogP contribution in [0.2, 0.25) is 0 Å². The van der Waals surface area contributed by atoms with E-state index in [9.17, 15) is 0 Å². The Balaban J connectivity index is 5.00. The van der Waals surface area contributed by atoms with Crippen molar-refractivity contribution in [1.29, 1.82) is 0 Å². The Morgan fingerprint density at radius 1 is 1.00 bits per heavy atom. The molecule has 0 aliphatic carbocycles. The first kappa shape index (κ1) is 19.7. The van der Waals surface area contributed by atoms with Crippen molar-refractivity contribution in [3.63, 3.8) is 0 Å². The maximum atomic E-state index is 5.63. The molecule has 0 rings (SSSR count). The van der Waals surface area contributed by atoms with E-state index in [0.29, 0.717) is 26.4 Å². The van der Waals surface area contributed by atoms with Crippen LogP contribution in [0.5, 0.6) is 0 Å². The Labute approximate surface area is 118 Å². The van der Waals surface area contributed by atoms with Crippen molar-refractivity contribution in [3.8, 4) is 0 Å². The van der Waals surface area contributed by atoms with Gasteiger partial charge < -0.3 is 9.05 Å². The van der Waals surface area contributed by atoms with E-state index in [-0.39, 0.29) is 0 Å². The standard InChI is InChI=1S/C8H25N4O4P3/c1-5-13-18(14-6-2)12-19(15-7-3,16-8-4)11-17(9)10/h12H,5-8H2,1-4H3,(H4,9,10,11)/q+2. The summed E-state index contributed by atoms with van der Waals surface area (Å²) in [6.45, 7) is 9.34. The molecule has 0 fully saturated rings. The van der Waals surface area contributed by atoms with Gasteiger partial charge in [-0.2, -0.15) is 9.05 Å². The lowest BCUT2D eigenvalue weighted by molar-refractivity contribution is 0.234. The Hall–Kier alpha value is 0.680. The van der Waals surface area contributed by atoms with Crippen LogP contribution < -0.4 is 15.9 Å². The number of hydrogen-bond donors (Lipinski definition) is 3. The second kappa shape index (κ2) is 11.4. The van der Waals surface area contributed by atoms with Gasteiger partial charge in [-0.1, -0.05) is 0 Å². The first-order valence-corrected chi connectivity index (χ1v) is 10.3. The van der Waals surface area contributed by atoms with Crippen molar-refractivity contribution in [1.82, 2.24) is 4.86 Å². The van der Waals surface area contributed by atoms with Crippen molar-refractivity contribution < 1.29 is 18.1 Å². The van der Waals surface area contributed by atoms with Crippen molar-refractivity contribution in [2.24, 2.45) is 15.5 Å². The zero-order valence-electron chi connectivity index (χ0n) is 11.9. The fourth-order valence-corrected chi connectivity index (χ4v) is 6.17. The molecule has 0 atom stereocenters. The number of nitrogens with zero attached hydrogens (tertiary/aromatic N) is 1. The van der Waals surface area contributed by atoms with Crippen LogP contribution >= 0.6 is 24.6 Å². The van der Waals surface area contributed by atoms with Crippen molar-refractivity contribution >= 4 is 24.6 Å². The van der Waals surface area contributed by atoms with Gasteiger partial charge in [-0.15, -0.1) is 11.0 Å². The number of nitrogens with one attached hydrogen (secondary N) is 1. The summed E-state index contributed by atoms with van der Waals surface area (Å²) in [5, 5.41) is 0. The summed E-state index contributed by atoms with van der Waals surface area (Å²) in [4.78, 5) is 3.08. The summed E-state index contributed by atoms with van der Waals surface area (Å²) < 4.78 is 26.4. The molecule has 19 heavy (non-hydrogen) atoms. The zero-order valence-corrected chi connectivity index (χ0v) is 14.6. The highest BCUT2D eigenvalue weighted by Crippen LogP contribution is 2.66. The van der Waals surface area contributed by atoms with Gasteiger partial charge >= 0.3 is 16.0 Å². The normalized spacial score (nSPS) is 11.9. The smallest absolute Gasteiger partial charge is 0.320 e. The minimum atomic E-state index is -2.74. The fourth-order valence-electron chi connectivity index (χ4n) is 1.09. The van der Waals surface area contributed by atoms with E-state index in [2.05, 4.69) is 9.37 Å². The molecule has 11 heteroatoms.